The fraction of sp³-hybridized carbons (Fsp3) is 0.222. The average molecular weight is 403 g/mol. The number of aromatic nitrogens is 4. The Morgan fingerprint density at radius 2 is 2.07 bits per heavy atom. The molecule has 1 aromatic carbocycles. The molecule has 28 heavy (non-hydrogen) atoms. The maximum atomic E-state index is 13.0. The number of carbonyl (C=O) groups is 1. The van der Waals surface area contributed by atoms with Crippen LogP contribution in [0, 0.1) is 6.92 Å². The van der Waals surface area contributed by atoms with Gasteiger partial charge in [0.15, 0.2) is 5.82 Å². The maximum Gasteiger partial charge on any atom is 0.370 e. The normalized spacial score (nSPS) is 11.5. The van der Waals surface area contributed by atoms with E-state index in [1.807, 2.05) is 44.3 Å². The predicted octanol–water partition coefficient (Wildman–Crippen LogP) is 2.40. The first kappa shape index (κ1) is 19.4. The number of ether oxygens (including phenoxy) is 1. The highest BCUT2D eigenvalue weighted by atomic mass is 35.5. The van der Waals surface area contributed by atoms with Crippen molar-refractivity contribution >= 4 is 28.6 Å². The van der Waals surface area contributed by atoms with E-state index in [4.69, 9.17) is 16.3 Å². The molecule has 10 heteroatoms. The number of hydrazone groups is 1. The molecule has 146 valence electrons. The third-order valence-corrected chi connectivity index (χ3v) is 4.35. The first-order valence-electron chi connectivity index (χ1n) is 8.50. The topological polar surface area (TPSA) is 106 Å². The van der Waals surface area contributed by atoms with Crippen LogP contribution in [0.5, 0.6) is 0 Å². The Hall–Kier alpha value is -3.33. The molecular formula is C18H19ClN6O3. The third kappa shape index (κ3) is 3.70. The Bertz CT molecular complexity index is 1080. The fourth-order valence-corrected chi connectivity index (χ4v) is 2.82. The van der Waals surface area contributed by atoms with Crippen molar-refractivity contribution in [3.8, 4) is 16.9 Å². The van der Waals surface area contributed by atoms with E-state index < -0.39 is 5.97 Å². The molecule has 0 atom stereocenters. The van der Waals surface area contributed by atoms with Crippen molar-refractivity contribution in [3.05, 3.63) is 52.4 Å². The Balaban J connectivity index is 1.91. The number of nitrogens with one attached hydrogen (secondary N) is 2. The minimum atomic E-state index is -0.739. The summed E-state index contributed by atoms with van der Waals surface area (Å²) in [5.74, 6) is -0.441. The molecule has 2 heterocycles. The zero-order valence-corrected chi connectivity index (χ0v) is 16.3. The van der Waals surface area contributed by atoms with Crippen LogP contribution in [0.2, 0.25) is 0 Å². The Kier molecular flexibility index (Phi) is 5.65. The molecule has 3 aromatic rings. The van der Waals surface area contributed by atoms with Crippen molar-refractivity contribution in [2.75, 3.05) is 12.0 Å². The van der Waals surface area contributed by atoms with Gasteiger partial charge >= 0.3 is 5.97 Å². The fourth-order valence-electron chi connectivity index (χ4n) is 2.73. The van der Waals surface area contributed by atoms with Crippen LogP contribution >= 0.6 is 11.6 Å². The summed E-state index contributed by atoms with van der Waals surface area (Å²) in [7, 11) is 1.81. The molecule has 0 spiro atoms. The number of rotatable bonds is 6. The SMILES string of the molecule is CCOC(=O)/C(Cl)=N/Nc1cc(-c2c(C)n(C)n(-c3ccccc3)c2=O)[nH]n1. The smallest absolute Gasteiger partial charge is 0.370 e. The van der Waals surface area contributed by atoms with Gasteiger partial charge in [-0.1, -0.05) is 29.8 Å². The predicted molar refractivity (Wildman–Crippen MR) is 107 cm³/mol. The minimum Gasteiger partial charge on any atom is -0.461 e. The summed E-state index contributed by atoms with van der Waals surface area (Å²) >= 11 is 5.74. The molecule has 0 aliphatic carbocycles. The lowest BCUT2D eigenvalue weighted by Crippen LogP contribution is -2.20. The van der Waals surface area contributed by atoms with Crippen molar-refractivity contribution in [1.29, 1.82) is 0 Å². The van der Waals surface area contributed by atoms with Crippen LogP contribution in [0.25, 0.3) is 16.9 Å². The van der Waals surface area contributed by atoms with Gasteiger partial charge in [-0.2, -0.15) is 10.2 Å². The molecule has 3 rings (SSSR count). The van der Waals surface area contributed by atoms with E-state index in [0.717, 1.165) is 11.4 Å². The number of hydrogen-bond donors (Lipinski definition) is 2. The number of halogens is 1. The lowest BCUT2D eigenvalue weighted by molar-refractivity contribution is -0.134. The van der Waals surface area contributed by atoms with E-state index >= 15 is 0 Å². The lowest BCUT2D eigenvalue weighted by Gasteiger charge is -2.07. The molecule has 0 aliphatic rings. The van der Waals surface area contributed by atoms with Crippen molar-refractivity contribution in [3.63, 3.8) is 0 Å². The van der Waals surface area contributed by atoms with Gasteiger partial charge in [0.25, 0.3) is 5.56 Å². The van der Waals surface area contributed by atoms with Crippen molar-refractivity contribution in [2.24, 2.45) is 12.1 Å². The zero-order valence-electron chi connectivity index (χ0n) is 15.6. The highest BCUT2D eigenvalue weighted by Crippen LogP contribution is 2.22. The van der Waals surface area contributed by atoms with Gasteiger partial charge in [-0.3, -0.25) is 20.0 Å². The monoisotopic (exact) mass is 402 g/mol. The molecule has 0 saturated heterocycles. The first-order chi connectivity index (χ1) is 13.4. The highest BCUT2D eigenvalue weighted by Gasteiger charge is 2.19. The number of H-pyrrole nitrogens is 1. The Morgan fingerprint density at radius 1 is 1.36 bits per heavy atom. The van der Waals surface area contributed by atoms with Gasteiger partial charge in [0.2, 0.25) is 5.17 Å². The molecule has 0 radical (unpaired) electrons. The molecule has 0 saturated carbocycles. The second-order valence-corrected chi connectivity index (χ2v) is 6.20. The number of benzene rings is 1. The summed E-state index contributed by atoms with van der Waals surface area (Å²) in [5, 5.41) is 10.2. The summed E-state index contributed by atoms with van der Waals surface area (Å²) in [4.78, 5) is 24.5. The second-order valence-electron chi connectivity index (χ2n) is 5.84. The summed E-state index contributed by atoms with van der Waals surface area (Å²) in [5.41, 5.74) is 4.89. The van der Waals surface area contributed by atoms with Gasteiger partial charge in [-0.25, -0.2) is 9.48 Å². The van der Waals surface area contributed by atoms with Crippen LogP contribution in [0.15, 0.2) is 46.3 Å². The summed E-state index contributed by atoms with van der Waals surface area (Å²) < 4.78 is 8.09. The van der Waals surface area contributed by atoms with Crippen molar-refractivity contribution in [2.45, 2.75) is 13.8 Å². The van der Waals surface area contributed by atoms with Gasteiger partial charge in [-0.05, 0) is 26.0 Å². The van der Waals surface area contributed by atoms with E-state index in [-0.39, 0.29) is 17.3 Å². The quantitative estimate of drug-likeness (QED) is 0.374. The summed E-state index contributed by atoms with van der Waals surface area (Å²) in [6.07, 6.45) is 0. The van der Waals surface area contributed by atoms with Gasteiger partial charge in [0.1, 0.15) is 0 Å². The lowest BCUT2D eigenvalue weighted by atomic mass is 10.2. The molecule has 0 fully saturated rings. The van der Waals surface area contributed by atoms with Gasteiger partial charge < -0.3 is 4.74 Å². The third-order valence-electron chi connectivity index (χ3n) is 4.11. The van der Waals surface area contributed by atoms with Crippen LogP contribution in [0.3, 0.4) is 0 Å². The van der Waals surface area contributed by atoms with Crippen LogP contribution in [0.1, 0.15) is 12.6 Å². The number of nitrogens with zero attached hydrogens (tertiary/aromatic N) is 4. The molecule has 9 nitrogen and oxygen atoms in total. The summed E-state index contributed by atoms with van der Waals surface area (Å²) in [6.45, 7) is 3.71. The number of para-hydroxylation sites is 1. The van der Waals surface area contributed by atoms with Crippen LogP contribution in [0.4, 0.5) is 5.82 Å². The van der Waals surface area contributed by atoms with Crippen LogP contribution in [-0.4, -0.2) is 37.3 Å². The standard InChI is InChI=1S/C18H19ClN6O3/c1-4-28-18(27)16(19)23-22-14-10-13(20-21-14)15-11(2)24(3)25(17(15)26)12-8-6-5-7-9-12/h5-10H,4H2,1-3H3,(H2,20,21,22)/b23-16-. The van der Waals surface area contributed by atoms with Crippen LogP contribution in [-0.2, 0) is 16.6 Å². The average Bonchev–Trinajstić information content (AvgIpc) is 3.23. The van der Waals surface area contributed by atoms with E-state index in [0.29, 0.717) is 17.1 Å². The Morgan fingerprint density at radius 3 is 2.75 bits per heavy atom. The minimum absolute atomic E-state index is 0.186. The molecule has 0 unspecified atom stereocenters. The Labute approximate surface area is 165 Å². The maximum absolute atomic E-state index is 13.0. The van der Waals surface area contributed by atoms with Gasteiger partial charge in [0.05, 0.1) is 23.6 Å². The second kappa shape index (κ2) is 8.13. The molecule has 0 amide bonds. The van der Waals surface area contributed by atoms with Crippen molar-refractivity contribution < 1.29 is 9.53 Å². The molecule has 2 aromatic heterocycles. The molecule has 0 aliphatic heterocycles. The van der Waals surface area contributed by atoms with Crippen molar-refractivity contribution in [1.82, 2.24) is 19.6 Å². The number of hydrogen-bond acceptors (Lipinski definition) is 6. The summed E-state index contributed by atoms with van der Waals surface area (Å²) in [6, 6.07) is 11.0. The number of anilines is 1. The van der Waals surface area contributed by atoms with E-state index in [1.54, 1.807) is 22.4 Å². The van der Waals surface area contributed by atoms with Crippen LogP contribution < -0.4 is 11.0 Å². The largest absolute Gasteiger partial charge is 0.461 e. The molecule has 2 N–H and O–H groups in total. The highest BCUT2D eigenvalue weighted by molar-refractivity contribution is 6.82. The van der Waals surface area contributed by atoms with E-state index in [1.165, 1.54) is 0 Å². The van der Waals surface area contributed by atoms with E-state index in [2.05, 4.69) is 20.7 Å². The zero-order chi connectivity index (χ0) is 20.3. The van der Waals surface area contributed by atoms with E-state index in [9.17, 15) is 9.59 Å². The first-order valence-corrected chi connectivity index (χ1v) is 8.88. The molecule has 0 bridgehead atoms. The molecular weight excluding hydrogens is 384 g/mol. The van der Waals surface area contributed by atoms with Gasteiger partial charge in [-0.15, -0.1) is 0 Å². The number of aromatic amines is 1. The number of carbonyl (C=O) groups excluding carboxylic acids is 1. The van der Waals surface area contributed by atoms with Gasteiger partial charge in [0, 0.05) is 18.8 Å². The number of esters is 1.